The Morgan fingerprint density at radius 1 is 0.684 bits per heavy atom. The summed E-state index contributed by atoms with van der Waals surface area (Å²) in [7, 11) is -10.7. The Kier molecular flexibility index (Phi) is 7.38. The Morgan fingerprint density at radius 3 is 1.74 bits per heavy atom. The average molecular weight is 559 g/mol. The zero-order valence-electron chi connectivity index (χ0n) is 21.3. The summed E-state index contributed by atoms with van der Waals surface area (Å²) in [5.74, 6) is 0.405. The molecular formula is C26H29F6N4OP. The number of carbonyl (C=O) groups excluding carboxylic acids is 1. The van der Waals surface area contributed by atoms with Crippen LogP contribution in [0.15, 0.2) is 67.0 Å². The molecule has 0 spiro atoms. The van der Waals surface area contributed by atoms with E-state index in [1.807, 2.05) is 30.3 Å². The topological polar surface area (TPSA) is 72.3 Å². The summed E-state index contributed by atoms with van der Waals surface area (Å²) < 4.78 is 59.2. The molecule has 206 valence electrons. The van der Waals surface area contributed by atoms with E-state index in [1.54, 1.807) is 12.4 Å². The van der Waals surface area contributed by atoms with Gasteiger partial charge >= 0.3 is 33.0 Å². The number of aromatic nitrogens is 3. The number of rotatable bonds is 1. The van der Waals surface area contributed by atoms with Crippen molar-refractivity contribution < 1.29 is 35.3 Å². The molecule has 1 aromatic carbocycles. The number of hydrogen-bond acceptors (Lipinski definition) is 4. The Morgan fingerprint density at radius 2 is 1.21 bits per heavy atom. The summed E-state index contributed by atoms with van der Waals surface area (Å²) in [6.07, 6.45) is 5.02. The second-order valence-corrected chi connectivity index (χ2v) is 12.5. The first-order valence-corrected chi connectivity index (χ1v) is 13.7. The fourth-order valence-corrected chi connectivity index (χ4v) is 4.62. The van der Waals surface area contributed by atoms with Crippen LogP contribution in [-0.2, 0) is 4.79 Å². The van der Waals surface area contributed by atoms with Crippen LogP contribution in [0.25, 0.3) is 33.2 Å². The number of nitrogens with two attached hydrogens (primary N) is 1. The molecule has 1 aliphatic rings. The summed E-state index contributed by atoms with van der Waals surface area (Å²) in [6.45, 7) is 8.52. The number of ketones is 1. The van der Waals surface area contributed by atoms with Crippen molar-refractivity contribution in [2.45, 2.75) is 51.6 Å². The first-order chi connectivity index (χ1) is 17.2. The summed E-state index contributed by atoms with van der Waals surface area (Å²) in [4.78, 5) is 24.8. The summed E-state index contributed by atoms with van der Waals surface area (Å²) in [5.41, 5.74) is 3.82. The van der Waals surface area contributed by atoms with E-state index in [4.69, 9.17) is 4.98 Å². The molecule has 1 saturated heterocycles. The van der Waals surface area contributed by atoms with Gasteiger partial charge in [0.2, 0.25) is 0 Å². The van der Waals surface area contributed by atoms with E-state index in [1.165, 1.54) is 0 Å². The summed E-state index contributed by atoms with van der Waals surface area (Å²) in [5, 5.41) is 4.50. The van der Waals surface area contributed by atoms with Crippen molar-refractivity contribution in [2.75, 3.05) is 0 Å². The minimum atomic E-state index is -10.7. The van der Waals surface area contributed by atoms with E-state index >= 15 is 0 Å². The average Bonchev–Trinajstić information content (AvgIpc) is 2.75. The Balaban J connectivity index is 0.000000188. The van der Waals surface area contributed by atoms with Crippen molar-refractivity contribution in [1.82, 2.24) is 15.0 Å². The molecule has 4 heterocycles. The summed E-state index contributed by atoms with van der Waals surface area (Å²) in [6, 6.07) is 18.1. The van der Waals surface area contributed by atoms with Crippen molar-refractivity contribution in [3.63, 3.8) is 0 Å². The van der Waals surface area contributed by atoms with Gasteiger partial charge in [0.25, 0.3) is 0 Å². The van der Waals surface area contributed by atoms with Crippen LogP contribution in [-0.4, -0.2) is 31.8 Å². The first-order valence-electron chi connectivity index (χ1n) is 11.7. The van der Waals surface area contributed by atoms with Crippen LogP contribution < -0.4 is 5.32 Å². The molecule has 0 bridgehead atoms. The third-order valence-corrected chi connectivity index (χ3v) is 5.45. The number of halogens is 6. The number of benzene rings is 1. The van der Waals surface area contributed by atoms with Crippen LogP contribution in [0.5, 0.6) is 0 Å². The Bertz CT molecular complexity index is 1430. The molecule has 5 nitrogen and oxygen atoms in total. The van der Waals surface area contributed by atoms with E-state index < -0.39 is 7.81 Å². The zero-order valence-corrected chi connectivity index (χ0v) is 22.2. The number of hydrogen-bond donors (Lipinski definition) is 1. The predicted molar refractivity (Wildman–Crippen MR) is 138 cm³/mol. The number of Topliss-reactive ketones (excluding diaryl/α,β-unsaturated/α-hetero) is 1. The summed E-state index contributed by atoms with van der Waals surface area (Å²) >= 11 is 0. The minimum absolute atomic E-state index is 0.110. The van der Waals surface area contributed by atoms with Gasteiger partial charge in [0, 0.05) is 23.2 Å². The quantitative estimate of drug-likeness (QED) is 0.148. The largest absolute Gasteiger partial charge is 0.255 e. The van der Waals surface area contributed by atoms with Gasteiger partial charge < -0.3 is 5.32 Å². The van der Waals surface area contributed by atoms with E-state index in [-0.39, 0.29) is 11.1 Å². The number of carbonyl (C=O) groups is 1. The number of pyridine rings is 3. The Hall–Kier alpha value is -3.17. The number of piperidine rings is 1. The van der Waals surface area contributed by atoms with Crippen molar-refractivity contribution >= 4 is 35.4 Å². The van der Waals surface area contributed by atoms with Crippen molar-refractivity contribution in [3.05, 3.63) is 67.0 Å². The van der Waals surface area contributed by atoms with Gasteiger partial charge in [0.1, 0.15) is 5.78 Å². The van der Waals surface area contributed by atoms with E-state index in [9.17, 15) is 30.0 Å². The monoisotopic (exact) mass is 558 g/mol. The molecule has 0 unspecified atom stereocenters. The fourth-order valence-electron chi connectivity index (χ4n) is 4.62. The van der Waals surface area contributed by atoms with Crippen LogP contribution in [0.3, 0.4) is 0 Å². The van der Waals surface area contributed by atoms with E-state index in [2.05, 4.69) is 67.2 Å². The molecular weight excluding hydrogens is 529 g/mol. The third-order valence-electron chi connectivity index (χ3n) is 5.45. The van der Waals surface area contributed by atoms with Gasteiger partial charge in [0.15, 0.2) is 0 Å². The number of nitrogens with zero attached hydrogens (tertiary/aromatic N) is 3. The second-order valence-electron chi connectivity index (χ2n) is 10.6. The molecule has 0 atom stereocenters. The molecule has 0 amide bonds. The van der Waals surface area contributed by atoms with Crippen LogP contribution in [0.1, 0.15) is 40.5 Å². The van der Waals surface area contributed by atoms with Gasteiger partial charge in [-0.2, -0.15) is 0 Å². The molecule has 1 aliphatic heterocycles. The predicted octanol–water partition coefficient (Wildman–Crippen LogP) is 7.70. The van der Waals surface area contributed by atoms with Crippen LogP contribution in [0, 0.1) is 0 Å². The SMILES string of the molecule is CC1(C)CC(=O)CC(C)(C)[NH2+]1.F[P-](F)(F)(F)(F)F.c1ccc(-c2ccc3ccc4cccnc4c3n2)nc1. The second kappa shape index (κ2) is 9.54. The van der Waals surface area contributed by atoms with Gasteiger partial charge in [-0.05, 0) is 52.0 Å². The maximum absolute atomic E-state index is 11.3. The third kappa shape index (κ3) is 9.95. The molecule has 2 N–H and O–H groups in total. The van der Waals surface area contributed by atoms with E-state index in [0.29, 0.717) is 5.78 Å². The Labute approximate surface area is 215 Å². The van der Waals surface area contributed by atoms with Gasteiger partial charge in [0.05, 0.1) is 46.3 Å². The molecule has 3 aromatic heterocycles. The molecule has 0 saturated carbocycles. The molecule has 5 rings (SSSR count). The molecule has 38 heavy (non-hydrogen) atoms. The molecule has 0 aliphatic carbocycles. The molecule has 0 radical (unpaired) electrons. The smallest absolute Gasteiger partial charge is 0.0972 e. The standard InChI is InChI=1S/C17H11N3.C9H17NO.F6P/c1-2-10-18-14(5-1)15-9-8-13-7-6-12-4-3-11-19-16(12)17(13)20-15;1-8(2)5-7(11)6-9(3,4)10-8;1-7(2,3,4,5)6/h1-11H;10H,5-6H2,1-4H3;/q;;-1/p+1. The van der Waals surface area contributed by atoms with Gasteiger partial charge in [-0.15, -0.1) is 0 Å². The van der Waals surface area contributed by atoms with Gasteiger partial charge in [-0.3, -0.25) is 14.8 Å². The maximum atomic E-state index is 11.3. The van der Waals surface area contributed by atoms with E-state index in [0.717, 1.165) is 46.0 Å². The first kappa shape index (κ1) is 29.4. The van der Waals surface area contributed by atoms with Crippen LogP contribution in [0.4, 0.5) is 25.2 Å². The maximum Gasteiger partial charge on any atom is 0.0972 e. The van der Waals surface area contributed by atoms with Crippen LogP contribution >= 0.6 is 7.81 Å². The van der Waals surface area contributed by atoms with Crippen molar-refractivity contribution in [2.24, 2.45) is 0 Å². The molecule has 4 aromatic rings. The number of quaternary nitrogens is 1. The minimum Gasteiger partial charge on any atom is -0.255 e. The molecule has 1 fully saturated rings. The normalized spacial score (nSPS) is 18.3. The van der Waals surface area contributed by atoms with Crippen LogP contribution in [0.2, 0.25) is 0 Å². The van der Waals surface area contributed by atoms with Gasteiger partial charge in [-0.1, -0.05) is 30.3 Å². The molecule has 12 heteroatoms. The zero-order chi connectivity index (χ0) is 28.5. The van der Waals surface area contributed by atoms with Gasteiger partial charge in [-0.25, -0.2) is 4.98 Å². The van der Waals surface area contributed by atoms with Crippen molar-refractivity contribution in [1.29, 1.82) is 0 Å². The number of fused-ring (bicyclic) bond motifs is 3. The van der Waals surface area contributed by atoms with Crippen molar-refractivity contribution in [3.8, 4) is 11.4 Å². The fraction of sp³-hybridized carbons (Fsp3) is 0.308.